The number of hydrazone groups is 1. The van der Waals surface area contributed by atoms with Crippen LogP contribution in [0.5, 0.6) is 0 Å². The van der Waals surface area contributed by atoms with Gasteiger partial charge in [0, 0.05) is 5.70 Å². The average molecular weight is 243 g/mol. The number of allylic oxidation sites excluding steroid dienone is 2. The molecule has 0 bridgehead atoms. The van der Waals surface area contributed by atoms with Crippen LogP contribution in [0.4, 0.5) is 5.69 Å². The van der Waals surface area contributed by atoms with Crippen LogP contribution < -0.4 is 10.7 Å². The van der Waals surface area contributed by atoms with Crippen LogP contribution in [0.25, 0.3) is 0 Å². The minimum absolute atomic E-state index is 0.121. The predicted octanol–water partition coefficient (Wildman–Crippen LogP) is 1.45. The smallest absolute Gasteiger partial charge is 0.231 e. The summed E-state index contributed by atoms with van der Waals surface area (Å²) in [5, 5.41) is 6.60. The van der Waals surface area contributed by atoms with Crippen molar-refractivity contribution >= 4 is 23.6 Å². The van der Waals surface area contributed by atoms with E-state index in [0.29, 0.717) is 11.3 Å². The van der Waals surface area contributed by atoms with Gasteiger partial charge < -0.3 is 5.32 Å². The second-order valence-electron chi connectivity index (χ2n) is 3.92. The molecule has 0 radical (unpaired) electrons. The number of amides is 1. The van der Waals surface area contributed by atoms with Gasteiger partial charge in [-0.2, -0.15) is 5.10 Å². The van der Waals surface area contributed by atoms with Crippen molar-refractivity contribution in [1.82, 2.24) is 5.32 Å². The number of anilines is 1. The Hall–Kier alpha value is -2.43. The molecule has 0 saturated heterocycles. The zero-order valence-corrected chi connectivity index (χ0v) is 9.93. The van der Waals surface area contributed by atoms with E-state index in [1.807, 2.05) is 30.3 Å². The van der Waals surface area contributed by atoms with E-state index in [1.54, 1.807) is 6.92 Å². The van der Waals surface area contributed by atoms with E-state index < -0.39 is 0 Å². The van der Waals surface area contributed by atoms with E-state index in [1.165, 1.54) is 6.21 Å². The van der Waals surface area contributed by atoms with Gasteiger partial charge in [0.15, 0.2) is 5.78 Å². The van der Waals surface area contributed by atoms with Crippen LogP contribution in [0.1, 0.15) is 13.3 Å². The largest absolute Gasteiger partial charge is 0.329 e. The SMILES string of the molecule is CC1=C(C=NNc2ccccc2)C(=O)CC(=O)N1. The van der Waals surface area contributed by atoms with Crippen molar-refractivity contribution < 1.29 is 9.59 Å². The molecular formula is C13H13N3O2. The van der Waals surface area contributed by atoms with Gasteiger partial charge in [-0.1, -0.05) is 18.2 Å². The fraction of sp³-hybridized carbons (Fsp3) is 0.154. The summed E-state index contributed by atoms with van der Waals surface area (Å²) in [4.78, 5) is 22.7. The first-order valence-electron chi connectivity index (χ1n) is 5.55. The van der Waals surface area contributed by atoms with Gasteiger partial charge in [0.2, 0.25) is 5.91 Å². The molecule has 18 heavy (non-hydrogen) atoms. The third-order valence-electron chi connectivity index (χ3n) is 2.51. The van der Waals surface area contributed by atoms with Gasteiger partial charge in [0.25, 0.3) is 0 Å². The van der Waals surface area contributed by atoms with Gasteiger partial charge in [-0.3, -0.25) is 15.0 Å². The molecule has 1 aromatic rings. The Morgan fingerprint density at radius 1 is 1.28 bits per heavy atom. The minimum Gasteiger partial charge on any atom is -0.329 e. The number of hydrogen-bond donors (Lipinski definition) is 2. The maximum absolute atomic E-state index is 11.6. The first kappa shape index (κ1) is 12.0. The molecule has 5 nitrogen and oxygen atoms in total. The van der Waals surface area contributed by atoms with E-state index >= 15 is 0 Å². The Bertz CT molecular complexity index is 532. The Kier molecular flexibility index (Phi) is 3.52. The molecule has 0 unspecified atom stereocenters. The van der Waals surface area contributed by atoms with Crippen molar-refractivity contribution in [1.29, 1.82) is 0 Å². The van der Waals surface area contributed by atoms with E-state index in [9.17, 15) is 9.59 Å². The summed E-state index contributed by atoms with van der Waals surface area (Å²) in [5.74, 6) is -0.486. The summed E-state index contributed by atoms with van der Waals surface area (Å²) in [6, 6.07) is 9.40. The van der Waals surface area contributed by atoms with Crippen molar-refractivity contribution in [3.63, 3.8) is 0 Å². The van der Waals surface area contributed by atoms with Crippen molar-refractivity contribution in [2.75, 3.05) is 5.43 Å². The van der Waals surface area contributed by atoms with Crippen LogP contribution in [-0.4, -0.2) is 17.9 Å². The third-order valence-corrected chi connectivity index (χ3v) is 2.51. The zero-order valence-electron chi connectivity index (χ0n) is 9.93. The molecule has 0 aromatic heterocycles. The lowest BCUT2D eigenvalue weighted by atomic mass is 10.0. The lowest BCUT2D eigenvalue weighted by Crippen LogP contribution is -2.32. The number of benzene rings is 1. The summed E-state index contributed by atoms with van der Waals surface area (Å²) in [6.45, 7) is 1.68. The molecule has 0 fully saturated rings. The van der Waals surface area contributed by atoms with Crippen LogP contribution in [0, 0.1) is 0 Å². The molecule has 1 aliphatic rings. The molecule has 5 heteroatoms. The van der Waals surface area contributed by atoms with E-state index in [0.717, 1.165) is 5.69 Å². The summed E-state index contributed by atoms with van der Waals surface area (Å²) >= 11 is 0. The molecule has 1 aliphatic heterocycles. The Morgan fingerprint density at radius 2 is 2.00 bits per heavy atom. The van der Waals surface area contributed by atoms with Crippen LogP contribution in [0.3, 0.4) is 0 Å². The van der Waals surface area contributed by atoms with Crippen LogP contribution in [0.15, 0.2) is 46.7 Å². The van der Waals surface area contributed by atoms with Crippen molar-refractivity contribution in [2.24, 2.45) is 5.10 Å². The standard InChI is InChI=1S/C13H13N3O2/c1-9-11(12(17)7-13(18)15-9)8-14-16-10-5-3-2-4-6-10/h2-6,8,16H,7H2,1H3,(H,15,18). The Balaban J connectivity index is 2.07. The molecule has 2 N–H and O–H groups in total. The molecule has 92 valence electrons. The highest BCUT2D eigenvalue weighted by Gasteiger charge is 2.21. The summed E-state index contributed by atoms with van der Waals surface area (Å²) < 4.78 is 0. The van der Waals surface area contributed by atoms with Gasteiger partial charge in [-0.05, 0) is 19.1 Å². The highest BCUT2D eigenvalue weighted by Crippen LogP contribution is 2.10. The summed E-state index contributed by atoms with van der Waals surface area (Å²) in [6.07, 6.45) is 1.31. The Labute approximate surface area is 105 Å². The molecule has 0 atom stereocenters. The summed E-state index contributed by atoms with van der Waals surface area (Å²) in [5.41, 5.74) is 4.61. The number of para-hydroxylation sites is 1. The molecule has 1 aromatic carbocycles. The van der Waals surface area contributed by atoms with Crippen LogP contribution >= 0.6 is 0 Å². The molecule has 0 spiro atoms. The average Bonchev–Trinajstić information content (AvgIpc) is 2.34. The van der Waals surface area contributed by atoms with Gasteiger partial charge >= 0.3 is 0 Å². The number of Topliss-reactive ketones (excluding diaryl/α,β-unsaturated/α-hetero) is 1. The van der Waals surface area contributed by atoms with Gasteiger partial charge in [-0.15, -0.1) is 0 Å². The molecule has 1 heterocycles. The highest BCUT2D eigenvalue weighted by molar-refractivity contribution is 6.21. The number of carbonyl (C=O) groups excluding carboxylic acids is 2. The minimum atomic E-state index is -0.273. The van der Waals surface area contributed by atoms with E-state index in [2.05, 4.69) is 15.8 Å². The van der Waals surface area contributed by atoms with Gasteiger partial charge in [0.05, 0.1) is 23.9 Å². The molecule has 0 saturated carbocycles. The monoisotopic (exact) mass is 243 g/mol. The second-order valence-corrected chi connectivity index (χ2v) is 3.92. The normalized spacial score (nSPS) is 16.1. The number of rotatable bonds is 3. The lowest BCUT2D eigenvalue weighted by Gasteiger charge is -2.14. The van der Waals surface area contributed by atoms with Crippen LogP contribution in [0.2, 0.25) is 0 Å². The fourth-order valence-electron chi connectivity index (χ4n) is 1.62. The van der Waals surface area contributed by atoms with Gasteiger partial charge in [-0.25, -0.2) is 0 Å². The van der Waals surface area contributed by atoms with Crippen molar-refractivity contribution in [3.05, 3.63) is 41.6 Å². The topological polar surface area (TPSA) is 70.6 Å². The highest BCUT2D eigenvalue weighted by atomic mass is 16.2. The molecular weight excluding hydrogens is 230 g/mol. The van der Waals surface area contributed by atoms with E-state index in [4.69, 9.17) is 0 Å². The zero-order chi connectivity index (χ0) is 13.0. The Morgan fingerprint density at radius 3 is 2.67 bits per heavy atom. The molecule has 0 aliphatic carbocycles. The van der Waals surface area contributed by atoms with E-state index in [-0.39, 0.29) is 18.1 Å². The number of ketones is 1. The number of carbonyl (C=O) groups is 2. The van der Waals surface area contributed by atoms with Crippen molar-refractivity contribution in [2.45, 2.75) is 13.3 Å². The maximum atomic E-state index is 11.6. The number of nitrogens with one attached hydrogen (secondary N) is 2. The molecule has 2 rings (SSSR count). The summed E-state index contributed by atoms with van der Waals surface area (Å²) in [7, 11) is 0. The quantitative estimate of drug-likeness (QED) is 0.479. The maximum Gasteiger partial charge on any atom is 0.231 e. The number of hydrogen-bond acceptors (Lipinski definition) is 4. The third kappa shape index (κ3) is 2.82. The number of nitrogens with zero attached hydrogens (tertiary/aromatic N) is 1. The first-order valence-corrected chi connectivity index (χ1v) is 5.55. The van der Waals surface area contributed by atoms with Crippen LogP contribution in [-0.2, 0) is 9.59 Å². The predicted molar refractivity (Wildman–Crippen MR) is 69.0 cm³/mol. The van der Waals surface area contributed by atoms with Crippen molar-refractivity contribution in [3.8, 4) is 0 Å². The second kappa shape index (κ2) is 5.27. The van der Waals surface area contributed by atoms with Gasteiger partial charge in [0.1, 0.15) is 0 Å². The fourth-order valence-corrected chi connectivity index (χ4v) is 1.62. The molecule has 1 amide bonds. The first-order chi connectivity index (χ1) is 8.66. The lowest BCUT2D eigenvalue weighted by molar-refractivity contribution is -0.126.